The lowest BCUT2D eigenvalue weighted by Crippen LogP contribution is -2.57. The number of rotatable bonds is 8. The first kappa shape index (κ1) is 25.5. The zero-order valence-electron chi connectivity index (χ0n) is 20.8. The standard InChI is InChI=1S/C27H36N2O5/c1-18-7-6-8-19(15-18)11-14-34-22-16-20(17-28-24(22)33-5)23(30)29-27(25(31)32)12-9-21(10-13-27)26(2,3)4/h6-8,15-17,21H,9-14H2,1-5H3,(H,29,30)(H,31,32)/t21-,27-. The fourth-order valence-electron chi connectivity index (χ4n) is 4.62. The molecule has 1 heterocycles. The molecule has 3 rings (SSSR count). The van der Waals surface area contributed by atoms with Gasteiger partial charge in [0.05, 0.1) is 19.3 Å². The van der Waals surface area contributed by atoms with Crippen molar-refractivity contribution in [1.82, 2.24) is 10.3 Å². The van der Waals surface area contributed by atoms with E-state index in [1.807, 2.05) is 25.1 Å². The van der Waals surface area contributed by atoms with Crippen LogP contribution in [-0.4, -0.2) is 41.2 Å². The molecule has 7 heteroatoms. The van der Waals surface area contributed by atoms with Gasteiger partial charge in [-0.15, -0.1) is 0 Å². The summed E-state index contributed by atoms with van der Waals surface area (Å²) in [5, 5.41) is 12.8. The normalized spacial score (nSPS) is 20.4. The maximum absolute atomic E-state index is 13.1. The van der Waals surface area contributed by atoms with Gasteiger partial charge in [-0.05, 0) is 49.5 Å². The van der Waals surface area contributed by atoms with Gasteiger partial charge >= 0.3 is 5.97 Å². The first-order chi connectivity index (χ1) is 16.0. The van der Waals surface area contributed by atoms with Crippen LogP contribution in [0.4, 0.5) is 0 Å². The first-order valence-corrected chi connectivity index (χ1v) is 11.8. The highest BCUT2D eigenvalue weighted by Gasteiger charge is 2.45. The molecule has 1 aromatic heterocycles. The highest BCUT2D eigenvalue weighted by molar-refractivity contribution is 5.98. The predicted octanol–water partition coefficient (Wildman–Crippen LogP) is 4.81. The maximum Gasteiger partial charge on any atom is 0.329 e. The molecule has 0 unspecified atom stereocenters. The third kappa shape index (κ3) is 6.07. The van der Waals surface area contributed by atoms with Gasteiger partial charge in [0.15, 0.2) is 5.75 Å². The van der Waals surface area contributed by atoms with Crippen LogP contribution in [0.25, 0.3) is 0 Å². The number of carbonyl (C=O) groups is 2. The molecule has 0 radical (unpaired) electrons. The molecule has 0 bridgehead atoms. The van der Waals surface area contributed by atoms with Crippen LogP contribution in [-0.2, 0) is 11.2 Å². The van der Waals surface area contributed by atoms with Gasteiger partial charge in [0.1, 0.15) is 5.54 Å². The third-order valence-corrected chi connectivity index (χ3v) is 6.83. The molecule has 184 valence electrons. The van der Waals surface area contributed by atoms with Crippen molar-refractivity contribution in [2.24, 2.45) is 11.3 Å². The Bertz CT molecular complexity index is 1020. The number of nitrogens with zero attached hydrogens (tertiary/aromatic N) is 1. The van der Waals surface area contributed by atoms with E-state index in [0.29, 0.717) is 37.5 Å². The summed E-state index contributed by atoms with van der Waals surface area (Å²) >= 11 is 0. The van der Waals surface area contributed by atoms with E-state index in [9.17, 15) is 14.7 Å². The number of nitrogens with one attached hydrogen (secondary N) is 1. The number of hydrogen-bond donors (Lipinski definition) is 2. The summed E-state index contributed by atoms with van der Waals surface area (Å²) in [6.07, 6.45) is 4.39. The third-order valence-electron chi connectivity index (χ3n) is 6.83. The molecule has 1 aliphatic carbocycles. The molecule has 1 amide bonds. The van der Waals surface area contributed by atoms with Crippen molar-refractivity contribution < 1.29 is 24.2 Å². The van der Waals surface area contributed by atoms with E-state index in [2.05, 4.69) is 37.1 Å². The summed E-state index contributed by atoms with van der Waals surface area (Å²) < 4.78 is 11.2. The van der Waals surface area contributed by atoms with Gasteiger partial charge in [0.2, 0.25) is 0 Å². The van der Waals surface area contributed by atoms with Crippen molar-refractivity contribution in [3.8, 4) is 11.6 Å². The molecule has 0 spiro atoms. The first-order valence-electron chi connectivity index (χ1n) is 11.8. The fourth-order valence-corrected chi connectivity index (χ4v) is 4.62. The molecule has 1 aromatic carbocycles. The minimum absolute atomic E-state index is 0.110. The molecule has 0 aliphatic heterocycles. The SMILES string of the molecule is COc1ncc(C(=O)N[C@]2(C(=O)O)CC[C@@H](C(C)(C)C)CC2)cc1OCCc1cccc(C)c1. The minimum atomic E-state index is -1.27. The van der Waals surface area contributed by atoms with Gasteiger partial charge in [0, 0.05) is 18.7 Å². The van der Waals surface area contributed by atoms with Crippen molar-refractivity contribution in [1.29, 1.82) is 0 Å². The molecule has 7 nitrogen and oxygen atoms in total. The van der Waals surface area contributed by atoms with Crippen LogP contribution >= 0.6 is 0 Å². The number of aryl methyl sites for hydroxylation is 1. The lowest BCUT2D eigenvalue weighted by Gasteiger charge is -2.42. The highest BCUT2D eigenvalue weighted by atomic mass is 16.5. The second kappa shape index (κ2) is 10.5. The van der Waals surface area contributed by atoms with Gasteiger partial charge in [0.25, 0.3) is 11.8 Å². The quantitative estimate of drug-likeness (QED) is 0.577. The number of ether oxygens (including phenoxy) is 2. The Morgan fingerprint density at radius 3 is 2.50 bits per heavy atom. The molecule has 0 saturated heterocycles. The Balaban J connectivity index is 1.70. The Kier molecular flexibility index (Phi) is 7.85. The largest absolute Gasteiger partial charge is 0.488 e. The van der Waals surface area contributed by atoms with Crippen LogP contribution < -0.4 is 14.8 Å². The number of aliphatic carboxylic acids is 1. The zero-order chi connectivity index (χ0) is 24.9. The number of carbonyl (C=O) groups excluding carboxylic acids is 1. The Morgan fingerprint density at radius 2 is 1.91 bits per heavy atom. The summed E-state index contributed by atoms with van der Waals surface area (Å²) in [4.78, 5) is 29.5. The Hall–Kier alpha value is -3.09. The number of pyridine rings is 1. The van der Waals surface area contributed by atoms with E-state index in [4.69, 9.17) is 9.47 Å². The molecule has 0 atom stereocenters. The van der Waals surface area contributed by atoms with Gasteiger partial charge in [-0.2, -0.15) is 0 Å². The molecular formula is C27H36N2O5. The van der Waals surface area contributed by atoms with Crippen molar-refractivity contribution >= 4 is 11.9 Å². The van der Waals surface area contributed by atoms with Crippen LogP contribution in [0.15, 0.2) is 36.5 Å². The van der Waals surface area contributed by atoms with Crippen LogP contribution in [0.1, 0.15) is 67.9 Å². The number of amides is 1. The number of benzene rings is 1. The molecule has 2 aromatic rings. The molecular weight excluding hydrogens is 432 g/mol. The Morgan fingerprint density at radius 1 is 1.21 bits per heavy atom. The van der Waals surface area contributed by atoms with Gasteiger partial charge in [-0.1, -0.05) is 50.6 Å². The van der Waals surface area contributed by atoms with Crippen molar-refractivity contribution in [3.05, 3.63) is 53.2 Å². The smallest absolute Gasteiger partial charge is 0.329 e. The van der Waals surface area contributed by atoms with E-state index >= 15 is 0 Å². The number of aromatic nitrogens is 1. The molecule has 1 aliphatic rings. The molecule has 1 saturated carbocycles. The number of carboxylic acid groups (broad SMARTS) is 1. The van der Waals surface area contributed by atoms with Crippen LogP contribution in [0.5, 0.6) is 11.6 Å². The topological polar surface area (TPSA) is 97.8 Å². The van der Waals surface area contributed by atoms with Crippen molar-refractivity contribution in [2.45, 2.75) is 65.3 Å². The van der Waals surface area contributed by atoms with Crippen molar-refractivity contribution in [3.63, 3.8) is 0 Å². The number of hydrogen-bond acceptors (Lipinski definition) is 5. The van der Waals surface area contributed by atoms with Crippen LogP contribution in [0.2, 0.25) is 0 Å². The monoisotopic (exact) mass is 468 g/mol. The average Bonchev–Trinajstić information content (AvgIpc) is 2.78. The van der Waals surface area contributed by atoms with Gasteiger partial charge in [-0.3, -0.25) is 4.79 Å². The molecule has 34 heavy (non-hydrogen) atoms. The number of carboxylic acids is 1. The summed E-state index contributed by atoms with van der Waals surface area (Å²) in [5.41, 5.74) is 1.41. The average molecular weight is 469 g/mol. The van der Waals surface area contributed by atoms with Gasteiger partial charge < -0.3 is 19.9 Å². The second-order valence-electron chi connectivity index (χ2n) is 10.3. The fraction of sp³-hybridized carbons (Fsp3) is 0.519. The Labute approximate surface area is 201 Å². The van der Waals surface area contributed by atoms with Crippen molar-refractivity contribution in [2.75, 3.05) is 13.7 Å². The summed E-state index contributed by atoms with van der Waals surface area (Å²) in [7, 11) is 1.49. The lowest BCUT2D eigenvalue weighted by molar-refractivity contribution is -0.146. The molecule has 1 fully saturated rings. The van der Waals surface area contributed by atoms with Crippen LogP contribution in [0, 0.1) is 18.3 Å². The van der Waals surface area contributed by atoms with E-state index in [-0.39, 0.29) is 16.9 Å². The van der Waals surface area contributed by atoms with E-state index in [1.165, 1.54) is 18.9 Å². The second-order valence-corrected chi connectivity index (χ2v) is 10.3. The maximum atomic E-state index is 13.1. The zero-order valence-corrected chi connectivity index (χ0v) is 20.8. The van der Waals surface area contributed by atoms with Crippen LogP contribution in [0.3, 0.4) is 0 Å². The van der Waals surface area contributed by atoms with E-state index in [1.54, 1.807) is 6.07 Å². The van der Waals surface area contributed by atoms with E-state index < -0.39 is 17.4 Å². The van der Waals surface area contributed by atoms with E-state index in [0.717, 1.165) is 18.4 Å². The summed E-state index contributed by atoms with van der Waals surface area (Å²) in [5.74, 6) is -0.421. The highest BCUT2D eigenvalue weighted by Crippen LogP contribution is 2.41. The lowest BCUT2D eigenvalue weighted by atomic mass is 9.67. The number of methoxy groups -OCH3 is 1. The summed E-state index contributed by atoms with van der Waals surface area (Å²) in [6, 6.07) is 9.75. The summed E-state index contributed by atoms with van der Waals surface area (Å²) in [6.45, 7) is 8.95. The molecule has 2 N–H and O–H groups in total. The van der Waals surface area contributed by atoms with Gasteiger partial charge in [-0.25, -0.2) is 9.78 Å². The minimum Gasteiger partial charge on any atom is -0.488 e. The predicted molar refractivity (Wildman–Crippen MR) is 130 cm³/mol.